The number of carbonyl (C=O) groups is 17. The van der Waals surface area contributed by atoms with Crippen LogP contribution in [-0.2, 0) is 120 Å². The molecule has 1 saturated heterocycles. The summed E-state index contributed by atoms with van der Waals surface area (Å²) in [6.07, 6.45) is 1.52. The van der Waals surface area contributed by atoms with Gasteiger partial charge in [-0.2, -0.15) is 0 Å². The lowest BCUT2D eigenvalue weighted by Crippen LogP contribution is -2.62. The maximum Gasteiger partial charge on any atom is 0.303 e. The molecule has 1 aliphatic rings. The van der Waals surface area contributed by atoms with Gasteiger partial charge in [-0.15, -0.1) is 11.8 Å². The van der Waals surface area contributed by atoms with Gasteiger partial charge >= 0.3 is 5.97 Å². The van der Waals surface area contributed by atoms with E-state index in [1.165, 1.54) is 122 Å². The molecule has 0 radical (unpaired) electrons. The van der Waals surface area contributed by atoms with Crippen molar-refractivity contribution in [2.45, 2.75) is 198 Å². The van der Waals surface area contributed by atoms with Gasteiger partial charge in [-0.1, -0.05) is 96.5 Å². The monoisotopic (exact) mass is 1880 g/mol. The van der Waals surface area contributed by atoms with Crippen LogP contribution < -0.4 is 96.5 Å². The largest absolute Gasteiger partial charge is 0.508 e. The van der Waals surface area contributed by atoms with E-state index in [1.807, 2.05) is 0 Å². The number of hydrogen-bond donors (Lipinski definition) is 26. The highest BCUT2D eigenvalue weighted by atomic mass is 32.2. The Morgan fingerprint density at radius 2 is 0.776 bits per heavy atom. The summed E-state index contributed by atoms with van der Waals surface area (Å²) >= 11 is 0.727. The van der Waals surface area contributed by atoms with Gasteiger partial charge in [0.15, 0.2) is 5.96 Å². The predicted molar refractivity (Wildman–Crippen MR) is 485 cm³/mol. The van der Waals surface area contributed by atoms with E-state index < -0.39 is 248 Å². The van der Waals surface area contributed by atoms with Crippen LogP contribution in [-0.4, -0.2) is 262 Å². The number of carboxylic acid groups (broad SMARTS) is 1. The summed E-state index contributed by atoms with van der Waals surface area (Å²) in [5.41, 5.74) is 12.7. The fraction of sp³-hybridized carbons (Fsp3) is 0.455. The second-order valence-corrected chi connectivity index (χ2v) is 34.1. The summed E-state index contributed by atoms with van der Waals surface area (Å²) < 4.78 is 0. The van der Waals surface area contributed by atoms with Crippen molar-refractivity contribution >= 4 is 118 Å². The number of nitrogens with two attached hydrogens (primary N) is 2. The van der Waals surface area contributed by atoms with Crippen molar-refractivity contribution in [1.29, 1.82) is 5.41 Å². The zero-order valence-corrected chi connectivity index (χ0v) is 75.6. The first-order chi connectivity index (χ1) is 63.7. The molecule has 13 atom stereocenters. The number of rotatable bonds is 28. The lowest BCUT2D eigenvalue weighted by atomic mass is 9.95. The number of phenols is 4. The summed E-state index contributed by atoms with van der Waals surface area (Å²) in [6.45, 7) is 7.50. The first-order valence-electron chi connectivity index (χ1n) is 43.3. The van der Waals surface area contributed by atoms with Crippen LogP contribution in [0.5, 0.6) is 23.0 Å². The number of H-pyrrole nitrogens is 2. The number of hydrogen-bond acceptors (Lipinski definition) is 25. The standard InChI is InChI=1S/C88H119N23O22S/c1-7-48(6)75-87(133)110-62(30-47(4)5)81(127)105-63(31-49-10-18-55(112)19-11-49)77(123)97-40-71(117)100-60(26-27-74(120)121)79(125)104-61(29-46(2)3)76(122)96-41-72(118)102-69(78(124)95-39-70(89)116)42-134-43-73(119)101-64(32-50-12-20-56(113)21-13-50)82(128)108-68(36-54-38-93-45-99-54)86(132)109-67(35-53-37-92-44-98-53)85(131)107-66(34-52-16-24-58(115)25-17-52)84(130)106-65(33-51-14-22-57(114)23-15-51)83(129)103-59(80(126)111-75)9-8-28-94-88(90)91/h10-25,37-38,44-48,59-69,75,112-115H,7-9,26-36,39-43H2,1-6H3,(H2,89,116)(H,92,98)(H,93,99)(H,95,124)(H,96,122)(H,97,123)(H,100,117)(H,101,119)(H,102,118)(H,103,129)(H,104,125)(H,105,127)(H,106,130)(H,107,131)(H,108,128)(H,109,132)(H,110,133)(H,111,126)(H,120,121)(H4,90,91,94)/t48-,59-,60-,61-,62-,63-,64-,65-,66-,67-,68-,69-,75-/m0/s1. The number of benzene rings is 4. The molecule has 7 rings (SSSR count). The Morgan fingerprint density at radius 3 is 1.17 bits per heavy atom. The highest BCUT2D eigenvalue weighted by Gasteiger charge is 2.39. The first kappa shape index (κ1) is 106. The lowest BCUT2D eigenvalue weighted by molar-refractivity contribution is -0.138. The maximum absolute atomic E-state index is 15.5. The summed E-state index contributed by atoms with van der Waals surface area (Å²) in [6, 6.07) is 2.46. The smallest absolute Gasteiger partial charge is 0.303 e. The van der Waals surface area contributed by atoms with Gasteiger partial charge in [0.1, 0.15) is 95.5 Å². The van der Waals surface area contributed by atoms with Gasteiger partial charge in [0, 0.05) is 69.6 Å². The van der Waals surface area contributed by atoms with Crippen LogP contribution in [0.15, 0.2) is 122 Å². The van der Waals surface area contributed by atoms with E-state index >= 15 is 33.6 Å². The van der Waals surface area contributed by atoms with Gasteiger partial charge < -0.3 is 132 Å². The Morgan fingerprint density at radius 1 is 0.433 bits per heavy atom. The fourth-order valence-corrected chi connectivity index (χ4v) is 14.7. The molecule has 45 nitrogen and oxygen atoms in total. The van der Waals surface area contributed by atoms with Crippen molar-refractivity contribution in [3.05, 3.63) is 156 Å². The van der Waals surface area contributed by atoms with Crippen molar-refractivity contribution in [1.82, 2.24) is 105 Å². The summed E-state index contributed by atoms with van der Waals surface area (Å²) in [4.78, 5) is 258. The van der Waals surface area contributed by atoms with E-state index in [-0.39, 0.29) is 104 Å². The van der Waals surface area contributed by atoms with Crippen molar-refractivity contribution in [2.24, 2.45) is 29.2 Å². The molecular formula is C88H119N23O22S. The van der Waals surface area contributed by atoms with Crippen LogP contribution in [0.1, 0.15) is 120 Å². The topological polar surface area (TPSA) is 717 Å². The number of phenolic OH excluding ortho intramolecular Hbond substituents is 4. The number of aromatic amines is 2. The Bertz CT molecular complexity index is 5010. The van der Waals surface area contributed by atoms with Crippen LogP contribution in [0.4, 0.5) is 0 Å². The average Bonchev–Trinajstić information content (AvgIpc) is 1.19. The maximum atomic E-state index is 15.5. The third-order valence-corrected chi connectivity index (χ3v) is 22.1. The Kier molecular flexibility index (Phi) is 42.3. The number of primary amides is 1. The Balaban J connectivity index is 1.32. The Labute approximate surface area is 775 Å². The zero-order chi connectivity index (χ0) is 98.3. The first-order valence-corrected chi connectivity index (χ1v) is 44.5. The number of thioether (sulfide) groups is 1. The molecule has 6 aromatic rings. The minimum absolute atomic E-state index is 0.00233. The molecule has 134 heavy (non-hydrogen) atoms. The van der Waals surface area contributed by atoms with Crippen LogP contribution in [0.2, 0.25) is 0 Å². The van der Waals surface area contributed by atoms with Crippen LogP contribution >= 0.6 is 11.8 Å². The van der Waals surface area contributed by atoms with E-state index in [9.17, 15) is 73.5 Å². The SMILES string of the molecule is CC[C@H](C)[C@@H]1NC(=O)[C@H](CCCNC(=N)N)NC(=O)[C@H](Cc2ccc(O)cc2)NC(=O)[C@H](Cc2ccc(O)cc2)NC(=O)[C@H](Cc2c[nH]cn2)NC(=O)[C@H](Cc2c[nH]cn2)NC(=O)[C@H](Cc2ccc(O)cc2)NC(=O)CSC[C@@H](C(=O)NCC(N)=O)NC(=O)CNC(=O)[C@H](CC(C)C)NC(=O)[C@H](CCC(=O)O)NC(=O)CNC(=O)[C@H](Cc2ccc(O)cc2)NC(=O)[C@H](CC(C)C)NC1=O. The van der Waals surface area contributed by atoms with Crippen molar-refractivity contribution in [2.75, 3.05) is 37.7 Å². The van der Waals surface area contributed by atoms with Gasteiger partial charge in [0.2, 0.25) is 94.5 Å². The zero-order valence-electron chi connectivity index (χ0n) is 74.8. The predicted octanol–water partition coefficient (Wildman–Crippen LogP) is -3.62. The molecule has 28 N–H and O–H groups in total. The van der Waals surface area contributed by atoms with E-state index in [0.29, 0.717) is 22.3 Å². The molecule has 0 saturated carbocycles. The minimum atomic E-state index is -1.72. The van der Waals surface area contributed by atoms with E-state index in [1.54, 1.807) is 41.5 Å². The number of aliphatic carboxylic acids is 1. The third kappa shape index (κ3) is 37.2. The second-order valence-electron chi connectivity index (χ2n) is 33.0. The molecule has 16 amide bonds. The van der Waals surface area contributed by atoms with Crippen LogP contribution in [0, 0.1) is 23.2 Å². The molecule has 1 fully saturated rings. The highest BCUT2D eigenvalue weighted by molar-refractivity contribution is 8.00. The molecule has 4 aromatic carbocycles. The molecular weight excluding hydrogens is 1760 g/mol. The molecule has 46 heteroatoms. The number of guanidine groups is 1. The summed E-state index contributed by atoms with van der Waals surface area (Å²) in [5, 5.41) is 100. The van der Waals surface area contributed by atoms with Gasteiger partial charge in [-0.3, -0.25) is 86.9 Å². The fourth-order valence-electron chi connectivity index (χ4n) is 13.9. The summed E-state index contributed by atoms with van der Waals surface area (Å²) in [7, 11) is 0. The molecule has 0 aliphatic carbocycles. The number of imidazole rings is 2. The quantitative estimate of drug-likeness (QED) is 0.0128. The van der Waals surface area contributed by atoms with Crippen LogP contribution in [0.25, 0.3) is 0 Å². The van der Waals surface area contributed by atoms with Crippen LogP contribution in [0.3, 0.4) is 0 Å². The van der Waals surface area contributed by atoms with Crippen molar-refractivity contribution in [3.63, 3.8) is 0 Å². The van der Waals surface area contributed by atoms with E-state index in [2.05, 4.69) is 105 Å². The molecule has 0 unspecified atom stereocenters. The van der Waals surface area contributed by atoms with Crippen molar-refractivity contribution < 1.29 is 107 Å². The molecule has 2 aromatic heterocycles. The molecule has 0 spiro atoms. The molecule has 3 heterocycles. The summed E-state index contributed by atoms with van der Waals surface area (Å²) in [5.74, 6) is -21.3. The number of nitrogens with zero attached hydrogens (tertiary/aromatic N) is 2. The number of carbonyl (C=O) groups excluding carboxylic acids is 16. The lowest BCUT2D eigenvalue weighted by Gasteiger charge is -2.30. The van der Waals surface area contributed by atoms with Gasteiger partial charge in [-0.05, 0) is 121 Å². The number of nitrogens with one attached hydrogen (secondary N) is 19. The van der Waals surface area contributed by atoms with E-state index in [4.69, 9.17) is 16.9 Å². The Hall–Kier alpha value is -14.9. The second kappa shape index (κ2) is 53.4. The number of aromatic hydroxyl groups is 4. The number of amides is 16. The molecule has 1 aliphatic heterocycles. The average molecular weight is 1880 g/mol. The third-order valence-electron chi connectivity index (χ3n) is 21.1. The van der Waals surface area contributed by atoms with E-state index in [0.717, 1.165) is 11.8 Å². The van der Waals surface area contributed by atoms with Gasteiger partial charge in [0.05, 0.1) is 49.4 Å². The minimum Gasteiger partial charge on any atom is -0.508 e. The van der Waals surface area contributed by atoms with Gasteiger partial charge in [-0.25, -0.2) is 9.97 Å². The normalized spacial score (nSPS) is 22.1. The number of carboxylic acids is 1. The number of aromatic nitrogens is 4. The van der Waals surface area contributed by atoms with Crippen molar-refractivity contribution in [3.8, 4) is 23.0 Å². The molecule has 724 valence electrons. The highest BCUT2D eigenvalue weighted by Crippen LogP contribution is 2.21. The molecule has 0 bridgehead atoms. The van der Waals surface area contributed by atoms with Gasteiger partial charge in [0.25, 0.3) is 0 Å².